The van der Waals surface area contributed by atoms with Gasteiger partial charge in [-0.2, -0.15) is 0 Å². The fourth-order valence-corrected chi connectivity index (χ4v) is 9.81. The van der Waals surface area contributed by atoms with Crippen LogP contribution in [0.5, 0.6) is 11.5 Å². The molecule has 1 unspecified atom stereocenters. The van der Waals surface area contributed by atoms with Gasteiger partial charge in [0.15, 0.2) is 0 Å². The van der Waals surface area contributed by atoms with Gasteiger partial charge in [-0.25, -0.2) is 0 Å². The highest BCUT2D eigenvalue weighted by molar-refractivity contribution is 7.95. The van der Waals surface area contributed by atoms with E-state index in [-0.39, 0.29) is 5.97 Å². The molecule has 0 fully saturated rings. The SMILES string of the molecule is [B]c1ccc(OC)cc1C(C)(CC)C(=O)Oc1ccccc1C[P+](c1ccccc1)(c1ccccc1)c1ccccc1. The topological polar surface area (TPSA) is 35.5 Å². The molecule has 42 heavy (non-hydrogen) atoms. The van der Waals surface area contributed by atoms with E-state index < -0.39 is 12.7 Å². The Morgan fingerprint density at radius 3 is 1.74 bits per heavy atom. The molecule has 0 aliphatic carbocycles. The van der Waals surface area contributed by atoms with E-state index in [0.717, 1.165) is 5.56 Å². The number of ether oxygens (including phenoxy) is 2. The summed E-state index contributed by atoms with van der Waals surface area (Å²) >= 11 is 0. The molecule has 5 heteroatoms. The first-order valence-corrected chi connectivity index (χ1v) is 16.2. The molecule has 1 atom stereocenters. The number of para-hydroxylation sites is 1. The molecular formula is C37H35BO3P+. The Kier molecular flexibility index (Phi) is 8.95. The van der Waals surface area contributed by atoms with Crippen LogP contribution in [0.2, 0.25) is 0 Å². The third-order valence-electron chi connectivity index (χ3n) is 8.19. The second kappa shape index (κ2) is 12.8. The van der Waals surface area contributed by atoms with Gasteiger partial charge in [-0.05, 0) is 73.5 Å². The van der Waals surface area contributed by atoms with Crippen LogP contribution < -0.4 is 30.9 Å². The number of benzene rings is 5. The Hall–Kier alpha value is -4.14. The van der Waals surface area contributed by atoms with Gasteiger partial charge in [-0.3, -0.25) is 4.79 Å². The first-order chi connectivity index (χ1) is 20.4. The normalized spacial score (nSPS) is 12.7. The summed E-state index contributed by atoms with van der Waals surface area (Å²) < 4.78 is 11.8. The Bertz CT molecular complexity index is 1540. The smallest absolute Gasteiger partial charge is 0.321 e. The van der Waals surface area contributed by atoms with Crippen LogP contribution in [-0.2, 0) is 16.4 Å². The molecule has 0 bridgehead atoms. The van der Waals surface area contributed by atoms with Crippen LogP contribution in [0.15, 0.2) is 133 Å². The number of rotatable bonds is 10. The maximum Gasteiger partial charge on any atom is 0.321 e. The average molecular weight is 569 g/mol. The lowest BCUT2D eigenvalue weighted by Crippen LogP contribution is -2.40. The molecule has 2 radical (unpaired) electrons. The van der Waals surface area contributed by atoms with Crippen molar-refractivity contribution in [1.29, 1.82) is 0 Å². The number of esters is 1. The van der Waals surface area contributed by atoms with E-state index in [0.29, 0.717) is 35.1 Å². The van der Waals surface area contributed by atoms with Gasteiger partial charge >= 0.3 is 5.97 Å². The van der Waals surface area contributed by atoms with Crippen LogP contribution in [0.3, 0.4) is 0 Å². The summed E-state index contributed by atoms with van der Waals surface area (Å²) in [6.45, 7) is 3.86. The minimum atomic E-state index is -2.20. The number of methoxy groups -OCH3 is 1. The largest absolute Gasteiger partial charge is 0.497 e. The van der Waals surface area contributed by atoms with E-state index >= 15 is 0 Å². The lowest BCUT2D eigenvalue weighted by molar-refractivity contribution is -0.140. The van der Waals surface area contributed by atoms with E-state index in [9.17, 15) is 4.79 Å². The van der Waals surface area contributed by atoms with Gasteiger partial charge < -0.3 is 9.47 Å². The van der Waals surface area contributed by atoms with Crippen molar-refractivity contribution < 1.29 is 14.3 Å². The molecule has 0 saturated heterocycles. The van der Waals surface area contributed by atoms with Crippen molar-refractivity contribution in [1.82, 2.24) is 0 Å². The second-order valence-corrected chi connectivity index (χ2v) is 14.1. The summed E-state index contributed by atoms with van der Waals surface area (Å²) in [4.78, 5) is 14.0. The maximum absolute atomic E-state index is 14.0. The van der Waals surface area contributed by atoms with Gasteiger partial charge in [0.2, 0.25) is 0 Å². The molecule has 5 rings (SSSR count). The Morgan fingerprint density at radius 2 is 1.24 bits per heavy atom. The zero-order chi connectivity index (χ0) is 29.6. The summed E-state index contributed by atoms with van der Waals surface area (Å²) in [5, 5.41) is 3.81. The summed E-state index contributed by atoms with van der Waals surface area (Å²) in [6, 6.07) is 45.5. The quantitative estimate of drug-likeness (QED) is 0.0863. The third-order valence-corrected chi connectivity index (χ3v) is 12.5. The second-order valence-electron chi connectivity index (χ2n) is 10.6. The molecular weight excluding hydrogens is 534 g/mol. The summed E-state index contributed by atoms with van der Waals surface area (Å²) in [5.74, 6) is 0.867. The Balaban J connectivity index is 1.62. The van der Waals surface area contributed by atoms with Gasteiger partial charge in [0.25, 0.3) is 0 Å². The number of hydrogen-bond donors (Lipinski definition) is 0. The molecule has 0 aliphatic rings. The number of carbonyl (C=O) groups excluding carboxylic acids is 1. The standard InChI is InChI=1S/C37H35BO3P/c1-4-37(2,33-26-29(40-3)24-25-34(33)38)36(39)41-35-23-15-14-16-28(35)27-42(30-17-8-5-9-18-30,31-19-10-6-11-20-31)32-21-12-7-13-22-32/h5-26H,4,27H2,1-3H3/q+1. The highest BCUT2D eigenvalue weighted by Crippen LogP contribution is 2.59. The van der Waals surface area contributed by atoms with Gasteiger partial charge in [-0.1, -0.05) is 91.2 Å². The Morgan fingerprint density at radius 1 is 0.738 bits per heavy atom. The molecule has 0 aromatic heterocycles. The van der Waals surface area contributed by atoms with Crippen molar-refractivity contribution in [3.63, 3.8) is 0 Å². The molecule has 5 aromatic carbocycles. The minimum Gasteiger partial charge on any atom is -0.497 e. The number of hydrogen-bond acceptors (Lipinski definition) is 3. The monoisotopic (exact) mass is 569 g/mol. The van der Waals surface area contributed by atoms with Crippen LogP contribution in [0.4, 0.5) is 0 Å². The molecule has 0 N–H and O–H groups in total. The van der Waals surface area contributed by atoms with E-state index in [1.807, 2.05) is 38.1 Å². The predicted octanol–water partition coefficient (Wildman–Crippen LogP) is 6.26. The van der Waals surface area contributed by atoms with E-state index in [4.69, 9.17) is 17.3 Å². The van der Waals surface area contributed by atoms with Gasteiger partial charge in [-0.15, -0.1) is 0 Å². The fraction of sp³-hybridized carbons (Fsp3) is 0.162. The van der Waals surface area contributed by atoms with E-state index in [2.05, 4.69) is 97.1 Å². The van der Waals surface area contributed by atoms with Crippen LogP contribution in [0, 0.1) is 0 Å². The zero-order valence-electron chi connectivity index (χ0n) is 24.4. The van der Waals surface area contributed by atoms with Crippen LogP contribution in [0.1, 0.15) is 31.4 Å². The van der Waals surface area contributed by atoms with Crippen LogP contribution in [0.25, 0.3) is 0 Å². The maximum atomic E-state index is 14.0. The zero-order valence-corrected chi connectivity index (χ0v) is 25.3. The highest BCUT2D eigenvalue weighted by Gasteiger charge is 2.46. The molecule has 0 saturated carbocycles. The van der Waals surface area contributed by atoms with Crippen molar-refractivity contribution in [3.05, 3.63) is 145 Å². The lowest BCUT2D eigenvalue weighted by atomic mass is 9.73. The highest BCUT2D eigenvalue weighted by atomic mass is 31.2. The van der Waals surface area contributed by atoms with Gasteiger partial charge in [0.1, 0.15) is 48.7 Å². The molecule has 208 valence electrons. The van der Waals surface area contributed by atoms with Crippen molar-refractivity contribution in [3.8, 4) is 11.5 Å². The fourth-order valence-electron chi connectivity index (χ4n) is 5.56. The van der Waals surface area contributed by atoms with Gasteiger partial charge in [0.05, 0.1) is 12.5 Å². The van der Waals surface area contributed by atoms with Crippen molar-refractivity contribution >= 4 is 42.5 Å². The van der Waals surface area contributed by atoms with Crippen molar-refractivity contribution in [2.45, 2.75) is 31.8 Å². The molecule has 0 aliphatic heterocycles. The molecule has 0 spiro atoms. The molecule has 5 aromatic rings. The first kappa shape index (κ1) is 29.4. The number of carbonyl (C=O) groups is 1. The summed E-state index contributed by atoms with van der Waals surface area (Å²) in [7, 11) is 5.79. The molecule has 0 heterocycles. The first-order valence-electron chi connectivity index (χ1n) is 14.2. The molecule has 0 amide bonds. The van der Waals surface area contributed by atoms with Crippen molar-refractivity contribution in [2.24, 2.45) is 0 Å². The third kappa shape index (κ3) is 5.65. The summed E-state index contributed by atoms with van der Waals surface area (Å²) in [6.07, 6.45) is 1.21. The molecule has 3 nitrogen and oxygen atoms in total. The predicted molar refractivity (Wildman–Crippen MR) is 177 cm³/mol. The lowest BCUT2D eigenvalue weighted by Gasteiger charge is -2.30. The van der Waals surface area contributed by atoms with E-state index in [1.165, 1.54) is 15.9 Å². The van der Waals surface area contributed by atoms with Crippen LogP contribution in [-0.4, -0.2) is 20.9 Å². The minimum absolute atomic E-state index is 0.347. The van der Waals surface area contributed by atoms with Gasteiger partial charge in [0, 0.05) is 5.56 Å². The van der Waals surface area contributed by atoms with Crippen molar-refractivity contribution in [2.75, 3.05) is 7.11 Å². The van der Waals surface area contributed by atoms with Crippen LogP contribution >= 0.6 is 7.26 Å². The summed E-state index contributed by atoms with van der Waals surface area (Å²) in [5.41, 5.74) is 1.25. The Labute approximate surface area is 251 Å². The van der Waals surface area contributed by atoms with E-state index in [1.54, 1.807) is 19.2 Å². The average Bonchev–Trinajstić information content (AvgIpc) is 3.05.